The SMILES string of the molecule is Brc1c(COCc2ccc3c(c2Br)CCCC3)ccc2c1CCCC2. The van der Waals surface area contributed by atoms with Crippen molar-refractivity contribution in [1.82, 2.24) is 0 Å². The van der Waals surface area contributed by atoms with Crippen LogP contribution in [0.25, 0.3) is 0 Å². The van der Waals surface area contributed by atoms with Gasteiger partial charge in [0.2, 0.25) is 0 Å². The first-order chi connectivity index (χ1) is 12.2. The second-order valence-corrected chi connectivity index (χ2v) is 8.85. The van der Waals surface area contributed by atoms with E-state index >= 15 is 0 Å². The van der Waals surface area contributed by atoms with Crippen molar-refractivity contribution in [2.24, 2.45) is 0 Å². The molecular formula is C22H24Br2O. The van der Waals surface area contributed by atoms with Gasteiger partial charge in [0, 0.05) is 8.95 Å². The summed E-state index contributed by atoms with van der Waals surface area (Å²) in [6.07, 6.45) is 10.1. The minimum absolute atomic E-state index is 0.664. The monoisotopic (exact) mass is 462 g/mol. The molecule has 0 saturated heterocycles. The highest BCUT2D eigenvalue weighted by atomic mass is 79.9. The molecule has 4 rings (SSSR count). The van der Waals surface area contributed by atoms with Crippen molar-refractivity contribution < 1.29 is 4.74 Å². The Morgan fingerprint density at radius 3 is 1.56 bits per heavy atom. The summed E-state index contributed by atoms with van der Waals surface area (Å²) in [6, 6.07) is 9.06. The number of halogens is 2. The van der Waals surface area contributed by atoms with Crippen LogP contribution >= 0.6 is 31.9 Å². The minimum atomic E-state index is 0.664. The van der Waals surface area contributed by atoms with E-state index in [9.17, 15) is 0 Å². The van der Waals surface area contributed by atoms with Crippen molar-refractivity contribution in [3.05, 3.63) is 66.6 Å². The molecule has 2 aromatic carbocycles. The fraction of sp³-hybridized carbons (Fsp3) is 0.455. The highest BCUT2D eigenvalue weighted by Gasteiger charge is 2.16. The first kappa shape index (κ1) is 17.8. The highest BCUT2D eigenvalue weighted by molar-refractivity contribution is 9.10. The first-order valence-electron chi connectivity index (χ1n) is 9.40. The van der Waals surface area contributed by atoms with Crippen LogP contribution in [0.5, 0.6) is 0 Å². The fourth-order valence-electron chi connectivity index (χ4n) is 4.16. The summed E-state index contributed by atoms with van der Waals surface area (Å²) >= 11 is 7.66. The number of hydrogen-bond donors (Lipinski definition) is 0. The van der Waals surface area contributed by atoms with Crippen LogP contribution in [0.2, 0.25) is 0 Å². The van der Waals surface area contributed by atoms with Gasteiger partial charge in [0.15, 0.2) is 0 Å². The minimum Gasteiger partial charge on any atom is -0.372 e. The van der Waals surface area contributed by atoms with E-state index in [0.717, 1.165) is 0 Å². The zero-order valence-corrected chi connectivity index (χ0v) is 17.7. The average molecular weight is 464 g/mol. The molecule has 0 saturated carbocycles. The molecule has 0 atom stereocenters. The summed E-state index contributed by atoms with van der Waals surface area (Å²) in [6.45, 7) is 1.33. The molecule has 0 spiro atoms. The van der Waals surface area contributed by atoms with Crippen molar-refractivity contribution >= 4 is 31.9 Å². The number of rotatable bonds is 4. The van der Waals surface area contributed by atoms with Crippen LogP contribution in [0.1, 0.15) is 59.1 Å². The zero-order valence-electron chi connectivity index (χ0n) is 14.5. The van der Waals surface area contributed by atoms with Crippen molar-refractivity contribution in [3.8, 4) is 0 Å². The van der Waals surface area contributed by atoms with Gasteiger partial charge in [-0.3, -0.25) is 0 Å². The van der Waals surface area contributed by atoms with Gasteiger partial charge >= 0.3 is 0 Å². The zero-order chi connectivity index (χ0) is 17.2. The number of benzene rings is 2. The molecule has 0 aliphatic heterocycles. The molecular weight excluding hydrogens is 440 g/mol. The number of ether oxygens (including phenoxy) is 1. The summed E-state index contributed by atoms with van der Waals surface area (Å²) in [5, 5.41) is 0. The molecule has 0 aromatic heterocycles. The Morgan fingerprint density at radius 2 is 1.08 bits per heavy atom. The standard InChI is InChI=1S/C22H24Br2O/c23-21-17(11-9-15-5-1-3-7-19(15)21)13-25-14-18-12-10-16-6-2-4-8-20(16)22(18)24/h9-12H,1-8,13-14H2. The molecule has 2 aliphatic carbocycles. The van der Waals surface area contributed by atoms with Gasteiger partial charge < -0.3 is 4.74 Å². The Hall–Kier alpha value is -0.640. The van der Waals surface area contributed by atoms with Gasteiger partial charge in [-0.2, -0.15) is 0 Å². The highest BCUT2D eigenvalue weighted by Crippen LogP contribution is 2.33. The molecule has 0 bridgehead atoms. The van der Waals surface area contributed by atoms with Crippen molar-refractivity contribution in [3.63, 3.8) is 0 Å². The second kappa shape index (κ2) is 7.94. The third kappa shape index (κ3) is 3.74. The van der Waals surface area contributed by atoms with Crippen LogP contribution in [0, 0.1) is 0 Å². The van der Waals surface area contributed by atoms with E-state index in [1.54, 1.807) is 0 Å². The van der Waals surface area contributed by atoms with E-state index in [1.807, 2.05) is 0 Å². The van der Waals surface area contributed by atoms with E-state index in [0.29, 0.717) is 13.2 Å². The summed E-state index contributed by atoms with van der Waals surface area (Å²) in [5.41, 5.74) is 8.58. The molecule has 1 nitrogen and oxygen atoms in total. The third-order valence-corrected chi connectivity index (χ3v) is 7.58. The Balaban J connectivity index is 1.45. The lowest BCUT2D eigenvalue weighted by atomic mass is 9.90. The predicted octanol–water partition coefficient (Wildman–Crippen LogP) is 6.69. The third-order valence-electron chi connectivity index (χ3n) is 5.60. The van der Waals surface area contributed by atoms with Gasteiger partial charge in [-0.05, 0) is 84.7 Å². The van der Waals surface area contributed by atoms with Gasteiger partial charge in [0.1, 0.15) is 0 Å². The van der Waals surface area contributed by atoms with Gasteiger partial charge in [0.05, 0.1) is 13.2 Å². The Bertz CT molecular complexity index is 717. The molecule has 2 aromatic rings. The van der Waals surface area contributed by atoms with Crippen LogP contribution in [0.3, 0.4) is 0 Å². The van der Waals surface area contributed by atoms with E-state index < -0.39 is 0 Å². The van der Waals surface area contributed by atoms with Crippen LogP contribution in [0.4, 0.5) is 0 Å². The molecule has 25 heavy (non-hydrogen) atoms. The second-order valence-electron chi connectivity index (χ2n) is 7.26. The van der Waals surface area contributed by atoms with Crippen LogP contribution < -0.4 is 0 Å². The molecule has 132 valence electrons. The predicted molar refractivity (Wildman–Crippen MR) is 110 cm³/mol. The van der Waals surface area contributed by atoms with Gasteiger partial charge in [-0.1, -0.05) is 56.1 Å². The van der Waals surface area contributed by atoms with Crippen molar-refractivity contribution in [2.45, 2.75) is 64.6 Å². The van der Waals surface area contributed by atoms with Crippen LogP contribution in [-0.4, -0.2) is 0 Å². The Morgan fingerprint density at radius 1 is 0.640 bits per heavy atom. The normalized spacial score (nSPS) is 16.4. The maximum Gasteiger partial charge on any atom is 0.0732 e. The summed E-state index contributed by atoms with van der Waals surface area (Å²) in [4.78, 5) is 0. The first-order valence-corrected chi connectivity index (χ1v) is 11.0. The molecule has 0 fully saturated rings. The van der Waals surface area contributed by atoms with Crippen molar-refractivity contribution in [2.75, 3.05) is 0 Å². The Labute approximate surface area is 167 Å². The topological polar surface area (TPSA) is 9.23 Å². The molecule has 0 unspecified atom stereocenters. The smallest absolute Gasteiger partial charge is 0.0732 e. The number of fused-ring (bicyclic) bond motifs is 2. The molecule has 0 N–H and O–H groups in total. The van der Waals surface area contributed by atoms with Gasteiger partial charge in [-0.15, -0.1) is 0 Å². The molecule has 0 heterocycles. The van der Waals surface area contributed by atoms with E-state index in [2.05, 4.69) is 56.1 Å². The lowest BCUT2D eigenvalue weighted by Crippen LogP contribution is -2.07. The average Bonchev–Trinajstić information content (AvgIpc) is 2.66. The summed E-state index contributed by atoms with van der Waals surface area (Å²) in [7, 11) is 0. The summed E-state index contributed by atoms with van der Waals surface area (Å²) in [5.74, 6) is 0. The molecule has 2 aliphatic rings. The van der Waals surface area contributed by atoms with E-state index in [1.165, 1.54) is 93.7 Å². The number of hydrogen-bond acceptors (Lipinski definition) is 1. The van der Waals surface area contributed by atoms with Gasteiger partial charge in [-0.25, -0.2) is 0 Å². The maximum absolute atomic E-state index is 6.09. The van der Waals surface area contributed by atoms with Gasteiger partial charge in [0.25, 0.3) is 0 Å². The lowest BCUT2D eigenvalue weighted by Gasteiger charge is -2.20. The Kier molecular flexibility index (Phi) is 5.64. The van der Waals surface area contributed by atoms with E-state index in [-0.39, 0.29) is 0 Å². The van der Waals surface area contributed by atoms with Crippen molar-refractivity contribution in [1.29, 1.82) is 0 Å². The van der Waals surface area contributed by atoms with E-state index in [4.69, 9.17) is 4.74 Å². The largest absolute Gasteiger partial charge is 0.372 e. The lowest BCUT2D eigenvalue weighted by molar-refractivity contribution is 0.106. The summed E-state index contributed by atoms with van der Waals surface area (Å²) < 4.78 is 8.63. The molecule has 0 radical (unpaired) electrons. The quantitative estimate of drug-likeness (QED) is 0.490. The van der Waals surface area contributed by atoms with Crippen LogP contribution in [0.15, 0.2) is 33.2 Å². The molecule has 3 heteroatoms. The van der Waals surface area contributed by atoms with Crippen LogP contribution in [-0.2, 0) is 43.6 Å². The fourth-order valence-corrected chi connectivity index (χ4v) is 5.56. The molecule has 0 amide bonds. The maximum atomic E-state index is 6.09. The number of aryl methyl sites for hydroxylation is 2.